The van der Waals surface area contributed by atoms with Crippen molar-refractivity contribution in [2.75, 3.05) is 13.1 Å². The van der Waals surface area contributed by atoms with Crippen LogP contribution in [0.2, 0.25) is 5.02 Å². The third-order valence-corrected chi connectivity index (χ3v) is 3.62. The van der Waals surface area contributed by atoms with Crippen LogP contribution >= 0.6 is 11.6 Å². The van der Waals surface area contributed by atoms with Crippen molar-refractivity contribution in [1.29, 1.82) is 0 Å². The molecule has 0 radical (unpaired) electrons. The molecule has 1 aliphatic rings. The number of halogens is 2. The largest absolute Gasteiger partial charge is 0.481 e. The summed E-state index contributed by atoms with van der Waals surface area (Å²) in [6.45, 7) is 2.05. The van der Waals surface area contributed by atoms with Gasteiger partial charge in [-0.1, -0.05) is 11.6 Å². The van der Waals surface area contributed by atoms with E-state index in [1.54, 1.807) is 6.92 Å². The molecule has 1 aromatic rings. The van der Waals surface area contributed by atoms with E-state index in [0.717, 1.165) is 6.07 Å². The summed E-state index contributed by atoms with van der Waals surface area (Å²) in [5.74, 6) is -2.40. The Morgan fingerprint density at radius 1 is 1.47 bits per heavy atom. The number of aliphatic carboxylic acids is 1. The molecule has 1 aliphatic heterocycles. The summed E-state index contributed by atoms with van der Waals surface area (Å²) in [5, 5.41) is 9.08. The number of carboxylic acid groups (broad SMARTS) is 1. The second-order valence-electron chi connectivity index (χ2n) is 4.66. The Hall–Kier alpha value is -1.62. The molecule has 1 fully saturated rings. The zero-order chi connectivity index (χ0) is 14.2. The maximum Gasteiger partial charge on any atom is 0.308 e. The minimum absolute atomic E-state index is 0.0794. The maximum absolute atomic E-state index is 13.5. The van der Waals surface area contributed by atoms with Crippen LogP contribution in [-0.4, -0.2) is 35.0 Å². The Labute approximate surface area is 114 Å². The molecule has 0 saturated carbocycles. The smallest absolute Gasteiger partial charge is 0.308 e. The molecule has 0 bridgehead atoms. The number of aryl methyl sites for hydroxylation is 1. The normalized spacial score (nSPS) is 18.7. The van der Waals surface area contributed by atoms with Crippen LogP contribution in [0.25, 0.3) is 0 Å². The predicted octanol–water partition coefficient (Wildman–Crippen LogP) is 2.33. The molecule has 0 aromatic heterocycles. The molecule has 19 heavy (non-hydrogen) atoms. The van der Waals surface area contributed by atoms with Gasteiger partial charge in [0.25, 0.3) is 5.91 Å². The minimum Gasteiger partial charge on any atom is -0.481 e. The molecule has 1 amide bonds. The first-order chi connectivity index (χ1) is 8.90. The summed E-state index contributed by atoms with van der Waals surface area (Å²) in [6.07, 6.45) is 0.410. The van der Waals surface area contributed by atoms with E-state index in [0.29, 0.717) is 18.5 Å². The Balaban J connectivity index is 2.22. The molecule has 1 saturated heterocycles. The monoisotopic (exact) mass is 285 g/mol. The van der Waals surface area contributed by atoms with Crippen molar-refractivity contribution in [2.24, 2.45) is 5.92 Å². The highest BCUT2D eigenvalue weighted by molar-refractivity contribution is 6.33. The van der Waals surface area contributed by atoms with Gasteiger partial charge in [0, 0.05) is 13.1 Å². The predicted molar refractivity (Wildman–Crippen MR) is 67.8 cm³/mol. The van der Waals surface area contributed by atoms with Crippen LogP contribution in [0, 0.1) is 18.7 Å². The molecule has 1 N–H and O–H groups in total. The Morgan fingerprint density at radius 3 is 2.74 bits per heavy atom. The van der Waals surface area contributed by atoms with Gasteiger partial charge in [-0.2, -0.15) is 0 Å². The second-order valence-corrected chi connectivity index (χ2v) is 5.06. The van der Waals surface area contributed by atoms with E-state index in [4.69, 9.17) is 16.7 Å². The Morgan fingerprint density at radius 2 is 2.16 bits per heavy atom. The topological polar surface area (TPSA) is 57.6 Å². The number of nitrogens with zero attached hydrogens (tertiary/aromatic N) is 1. The Bertz CT molecular complexity index is 547. The SMILES string of the molecule is Cc1cc(Cl)c(C(=O)N2CCC(C(=O)O)C2)cc1F. The lowest BCUT2D eigenvalue weighted by Crippen LogP contribution is -2.30. The van der Waals surface area contributed by atoms with E-state index in [-0.39, 0.29) is 17.1 Å². The summed E-state index contributed by atoms with van der Waals surface area (Å²) in [6, 6.07) is 2.50. The molecule has 1 aromatic carbocycles. The van der Waals surface area contributed by atoms with Crippen molar-refractivity contribution in [2.45, 2.75) is 13.3 Å². The molecule has 1 unspecified atom stereocenters. The van der Waals surface area contributed by atoms with Gasteiger partial charge in [-0.25, -0.2) is 4.39 Å². The van der Waals surface area contributed by atoms with Gasteiger partial charge >= 0.3 is 5.97 Å². The first-order valence-electron chi connectivity index (χ1n) is 5.88. The second kappa shape index (κ2) is 5.17. The summed E-state index contributed by atoms with van der Waals surface area (Å²) < 4.78 is 13.5. The van der Waals surface area contributed by atoms with E-state index in [1.807, 2.05) is 0 Å². The van der Waals surface area contributed by atoms with Crippen molar-refractivity contribution >= 4 is 23.5 Å². The molecule has 4 nitrogen and oxygen atoms in total. The van der Waals surface area contributed by atoms with Gasteiger partial charge in [0.05, 0.1) is 16.5 Å². The summed E-state index contributed by atoms with van der Waals surface area (Å²) in [5.41, 5.74) is 0.446. The number of carboxylic acids is 1. The lowest BCUT2D eigenvalue weighted by Gasteiger charge is -2.17. The van der Waals surface area contributed by atoms with E-state index in [9.17, 15) is 14.0 Å². The maximum atomic E-state index is 13.5. The lowest BCUT2D eigenvalue weighted by molar-refractivity contribution is -0.141. The van der Waals surface area contributed by atoms with Crippen molar-refractivity contribution < 1.29 is 19.1 Å². The van der Waals surface area contributed by atoms with Crippen LogP contribution in [0.15, 0.2) is 12.1 Å². The van der Waals surface area contributed by atoms with Gasteiger partial charge in [-0.15, -0.1) is 0 Å². The highest BCUT2D eigenvalue weighted by Crippen LogP contribution is 2.25. The van der Waals surface area contributed by atoms with Crippen LogP contribution < -0.4 is 0 Å². The zero-order valence-electron chi connectivity index (χ0n) is 10.3. The van der Waals surface area contributed by atoms with Crippen LogP contribution in [0.4, 0.5) is 4.39 Å². The number of hydrogen-bond acceptors (Lipinski definition) is 2. The van der Waals surface area contributed by atoms with Crippen molar-refractivity contribution in [3.63, 3.8) is 0 Å². The molecule has 2 rings (SSSR count). The Kier molecular flexibility index (Phi) is 3.75. The average molecular weight is 286 g/mol. The highest BCUT2D eigenvalue weighted by atomic mass is 35.5. The van der Waals surface area contributed by atoms with Crippen LogP contribution in [-0.2, 0) is 4.79 Å². The fraction of sp³-hybridized carbons (Fsp3) is 0.385. The van der Waals surface area contributed by atoms with Crippen LogP contribution in [0.1, 0.15) is 22.3 Å². The number of benzene rings is 1. The standard InChI is InChI=1S/C13H13ClFNO3/c1-7-4-10(14)9(5-11(7)15)12(17)16-3-2-8(6-16)13(18)19/h4-5,8H,2-3,6H2,1H3,(H,18,19). The zero-order valence-corrected chi connectivity index (χ0v) is 11.1. The van der Waals surface area contributed by atoms with Gasteiger partial charge < -0.3 is 10.0 Å². The quantitative estimate of drug-likeness (QED) is 0.907. The summed E-state index contributed by atoms with van der Waals surface area (Å²) in [4.78, 5) is 24.4. The molecule has 1 atom stereocenters. The van der Waals surface area contributed by atoms with Crippen molar-refractivity contribution in [3.05, 3.63) is 34.1 Å². The number of rotatable bonds is 2. The lowest BCUT2D eigenvalue weighted by atomic mass is 10.1. The third kappa shape index (κ3) is 2.71. The summed E-state index contributed by atoms with van der Waals surface area (Å²) in [7, 11) is 0. The molecule has 1 heterocycles. The first-order valence-corrected chi connectivity index (χ1v) is 6.25. The van der Waals surface area contributed by atoms with Crippen LogP contribution in [0.5, 0.6) is 0 Å². The van der Waals surface area contributed by atoms with Gasteiger partial charge in [0.1, 0.15) is 5.82 Å². The minimum atomic E-state index is -0.920. The molecule has 102 valence electrons. The van der Waals surface area contributed by atoms with E-state index >= 15 is 0 Å². The molecule has 6 heteroatoms. The van der Waals surface area contributed by atoms with E-state index in [2.05, 4.69) is 0 Å². The van der Waals surface area contributed by atoms with E-state index in [1.165, 1.54) is 11.0 Å². The highest BCUT2D eigenvalue weighted by Gasteiger charge is 2.32. The number of carbonyl (C=O) groups excluding carboxylic acids is 1. The number of amides is 1. The molecular weight excluding hydrogens is 273 g/mol. The van der Waals surface area contributed by atoms with Gasteiger partial charge in [0.15, 0.2) is 0 Å². The summed E-state index contributed by atoms with van der Waals surface area (Å²) >= 11 is 5.94. The van der Waals surface area contributed by atoms with Crippen molar-refractivity contribution in [1.82, 2.24) is 4.90 Å². The number of carbonyl (C=O) groups is 2. The van der Waals surface area contributed by atoms with Crippen LogP contribution in [0.3, 0.4) is 0 Å². The molecule has 0 aliphatic carbocycles. The van der Waals surface area contributed by atoms with Gasteiger partial charge in [0.2, 0.25) is 0 Å². The van der Waals surface area contributed by atoms with Crippen molar-refractivity contribution in [3.8, 4) is 0 Å². The number of likely N-dealkylation sites (tertiary alicyclic amines) is 1. The number of hydrogen-bond donors (Lipinski definition) is 1. The van der Waals surface area contributed by atoms with Gasteiger partial charge in [-0.05, 0) is 31.0 Å². The first kappa shape index (κ1) is 13.8. The van der Waals surface area contributed by atoms with Gasteiger partial charge in [-0.3, -0.25) is 9.59 Å². The average Bonchev–Trinajstić information content (AvgIpc) is 2.82. The molecular formula is C13H13ClFNO3. The third-order valence-electron chi connectivity index (χ3n) is 3.30. The fourth-order valence-corrected chi connectivity index (χ4v) is 2.43. The van der Waals surface area contributed by atoms with E-state index < -0.39 is 23.6 Å². The molecule has 0 spiro atoms. The fourth-order valence-electron chi connectivity index (χ4n) is 2.13.